The van der Waals surface area contributed by atoms with E-state index in [0.29, 0.717) is 0 Å². The largest absolute Gasteiger partial charge is 0.354 e. The van der Waals surface area contributed by atoms with Crippen LogP contribution >= 0.6 is 11.8 Å². The average molecular weight is 364 g/mol. The van der Waals surface area contributed by atoms with Crippen LogP contribution in [0.15, 0.2) is 65.6 Å². The number of hydrogen-bond donors (Lipinski definition) is 1. The summed E-state index contributed by atoms with van der Waals surface area (Å²) in [6, 6.07) is 19.2. The van der Waals surface area contributed by atoms with Crippen LogP contribution < -0.4 is 5.32 Å². The van der Waals surface area contributed by atoms with Gasteiger partial charge in [0, 0.05) is 17.2 Å². The summed E-state index contributed by atoms with van der Waals surface area (Å²) in [6.07, 6.45) is 0. The maximum Gasteiger partial charge on any atom is 0.238 e. The Bertz CT molecular complexity index is 746. The lowest BCUT2D eigenvalue weighted by Crippen LogP contribution is -2.32. The van der Waals surface area contributed by atoms with Crippen molar-refractivity contribution in [2.24, 2.45) is 0 Å². The number of thioether (sulfide) groups is 1. The molecule has 0 aliphatic rings. The predicted molar refractivity (Wildman–Crippen MR) is 98.8 cm³/mol. The number of benzene rings is 2. The third kappa shape index (κ3) is 5.69. The molecule has 0 aromatic heterocycles. The Balaban J connectivity index is 2.09. The number of rotatable bonds is 8. The number of amides is 1. The molecule has 1 amide bonds. The van der Waals surface area contributed by atoms with Crippen LogP contribution in [0, 0.1) is 0 Å². The molecular weight excluding hydrogens is 342 g/mol. The van der Waals surface area contributed by atoms with Crippen LogP contribution in [0.3, 0.4) is 0 Å². The summed E-state index contributed by atoms with van der Waals surface area (Å²) < 4.78 is 23.1. The number of carbonyl (C=O) groups is 1. The maximum absolute atomic E-state index is 12.6. The van der Waals surface area contributed by atoms with Crippen LogP contribution in [-0.2, 0) is 14.6 Å². The number of hydrogen-bond acceptors (Lipinski definition) is 4. The van der Waals surface area contributed by atoms with E-state index in [1.807, 2.05) is 60.7 Å². The molecule has 6 heteroatoms. The molecule has 4 nitrogen and oxygen atoms in total. The lowest BCUT2D eigenvalue weighted by Gasteiger charge is -2.17. The van der Waals surface area contributed by atoms with Gasteiger partial charge < -0.3 is 5.32 Å². The summed E-state index contributed by atoms with van der Waals surface area (Å²) in [7, 11) is -3.09. The van der Waals surface area contributed by atoms with Crippen molar-refractivity contribution in [1.82, 2.24) is 5.32 Å². The second-order valence-corrected chi connectivity index (χ2v) is 8.90. The molecule has 2 aromatic rings. The Hall–Kier alpha value is -1.79. The van der Waals surface area contributed by atoms with Gasteiger partial charge in [0.2, 0.25) is 5.91 Å². The van der Waals surface area contributed by atoms with Crippen LogP contribution in [0.2, 0.25) is 0 Å². The molecule has 0 unspecified atom stereocenters. The van der Waals surface area contributed by atoms with Crippen LogP contribution in [0.25, 0.3) is 0 Å². The monoisotopic (exact) mass is 363 g/mol. The Labute approximate surface area is 147 Å². The van der Waals surface area contributed by atoms with Gasteiger partial charge in [-0.3, -0.25) is 4.79 Å². The Morgan fingerprint density at radius 1 is 1.04 bits per heavy atom. The Morgan fingerprint density at radius 3 is 2.21 bits per heavy atom. The number of carbonyl (C=O) groups excluding carboxylic acids is 1. The predicted octanol–water partition coefficient (Wildman–Crippen LogP) is 3.07. The van der Waals surface area contributed by atoms with E-state index in [1.165, 1.54) is 11.8 Å². The highest BCUT2D eigenvalue weighted by atomic mass is 32.2. The zero-order chi connectivity index (χ0) is 17.4. The SMILES string of the molecule is CCS(=O)(=O)CCNC(=O)[C@H](Sc1ccccc1)c1ccccc1. The molecule has 0 saturated heterocycles. The fourth-order valence-electron chi connectivity index (χ4n) is 2.10. The van der Waals surface area contributed by atoms with Gasteiger partial charge in [0.05, 0.1) is 5.75 Å². The van der Waals surface area contributed by atoms with Crippen LogP contribution in [0.1, 0.15) is 17.7 Å². The van der Waals surface area contributed by atoms with E-state index in [9.17, 15) is 13.2 Å². The highest BCUT2D eigenvalue weighted by Gasteiger charge is 2.22. The lowest BCUT2D eigenvalue weighted by atomic mass is 10.1. The fourth-order valence-corrected chi connectivity index (χ4v) is 3.87. The second-order valence-electron chi connectivity index (χ2n) is 5.25. The first-order valence-corrected chi connectivity index (χ1v) is 10.5. The first-order valence-electron chi connectivity index (χ1n) is 7.76. The van der Waals surface area contributed by atoms with Gasteiger partial charge in [0.1, 0.15) is 5.25 Å². The molecule has 0 fully saturated rings. The quantitative estimate of drug-likeness (QED) is 0.732. The van der Waals surface area contributed by atoms with Crippen LogP contribution in [-0.4, -0.2) is 32.4 Å². The lowest BCUT2D eigenvalue weighted by molar-refractivity contribution is -0.120. The molecule has 1 N–H and O–H groups in total. The first kappa shape index (κ1) is 18.5. The maximum atomic E-state index is 12.6. The van der Waals surface area contributed by atoms with Gasteiger partial charge in [-0.1, -0.05) is 55.5 Å². The zero-order valence-corrected chi connectivity index (χ0v) is 15.1. The van der Waals surface area contributed by atoms with Crippen molar-refractivity contribution in [3.63, 3.8) is 0 Å². The highest BCUT2D eigenvalue weighted by molar-refractivity contribution is 8.00. The van der Waals surface area contributed by atoms with E-state index < -0.39 is 15.1 Å². The van der Waals surface area contributed by atoms with Crippen molar-refractivity contribution < 1.29 is 13.2 Å². The van der Waals surface area contributed by atoms with Crippen molar-refractivity contribution in [1.29, 1.82) is 0 Å². The third-order valence-electron chi connectivity index (χ3n) is 3.49. The molecule has 0 bridgehead atoms. The topological polar surface area (TPSA) is 63.2 Å². The van der Waals surface area contributed by atoms with Gasteiger partial charge in [-0.05, 0) is 17.7 Å². The van der Waals surface area contributed by atoms with Gasteiger partial charge in [0.15, 0.2) is 9.84 Å². The van der Waals surface area contributed by atoms with Crippen LogP contribution in [0.5, 0.6) is 0 Å². The van der Waals surface area contributed by atoms with E-state index in [1.54, 1.807) is 6.92 Å². The molecule has 128 valence electrons. The van der Waals surface area contributed by atoms with Gasteiger partial charge in [0.25, 0.3) is 0 Å². The summed E-state index contributed by atoms with van der Waals surface area (Å²) in [5.74, 6) is -0.127. The summed E-state index contributed by atoms with van der Waals surface area (Å²) in [5, 5.41) is 2.33. The normalized spacial score (nSPS) is 12.5. The average Bonchev–Trinajstić information content (AvgIpc) is 2.61. The van der Waals surface area contributed by atoms with E-state index in [-0.39, 0.29) is 24.0 Å². The first-order chi connectivity index (χ1) is 11.5. The van der Waals surface area contributed by atoms with Crippen molar-refractivity contribution in [3.05, 3.63) is 66.2 Å². The molecule has 0 aliphatic heterocycles. The molecular formula is C18H21NO3S2. The van der Waals surface area contributed by atoms with Gasteiger partial charge >= 0.3 is 0 Å². The van der Waals surface area contributed by atoms with E-state index in [4.69, 9.17) is 0 Å². The summed E-state index contributed by atoms with van der Waals surface area (Å²) in [5.41, 5.74) is 0.891. The van der Waals surface area contributed by atoms with Crippen molar-refractivity contribution >= 4 is 27.5 Å². The fraction of sp³-hybridized carbons (Fsp3) is 0.278. The molecule has 0 radical (unpaired) electrons. The zero-order valence-electron chi connectivity index (χ0n) is 13.5. The molecule has 24 heavy (non-hydrogen) atoms. The molecule has 0 saturated carbocycles. The number of nitrogens with one attached hydrogen (secondary N) is 1. The molecule has 2 rings (SSSR count). The van der Waals surface area contributed by atoms with Crippen molar-refractivity contribution in [2.45, 2.75) is 17.1 Å². The van der Waals surface area contributed by atoms with E-state index in [2.05, 4.69) is 5.32 Å². The smallest absolute Gasteiger partial charge is 0.238 e. The number of sulfone groups is 1. The van der Waals surface area contributed by atoms with E-state index in [0.717, 1.165) is 10.5 Å². The van der Waals surface area contributed by atoms with E-state index >= 15 is 0 Å². The Kier molecular flexibility index (Phi) is 6.87. The van der Waals surface area contributed by atoms with Gasteiger partial charge in [-0.25, -0.2) is 8.42 Å². The third-order valence-corrected chi connectivity index (χ3v) is 6.46. The minimum Gasteiger partial charge on any atom is -0.354 e. The van der Waals surface area contributed by atoms with Crippen LogP contribution in [0.4, 0.5) is 0 Å². The van der Waals surface area contributed by atoms with Crippen molar-refractivity contribution in [2.75, 3.05) is 18.1 Å². The summed E-state index contributed by atoms with van der Waals surface area (Å²) in [4.78, 5) is 13.6. The minimum absolute atomic E-state index is 0.0350. The minimum atomic E-state index is -3.09. The molecule has 1 atom stereocenters. The highest BCUT2D eigenvalue weighted by Crippen LogP contribution is 2.35. The van der Waals surface area contributed by atoms with Gasteiger partial charge in [-0.15, -0.1) is 11.8 Å². The Morgan fingerprint density at radius 2 is 1.62 bits per heavy atom. The molecule has 0 spiro atoms. The van der Waals surface area contributed by atoms with Crippen molar-refractivity contribution in [3.8, 4) is 0 Å². The standard InChI is InChI=1S/C18H21NO3S2/c1-2-24(21,22)14-13-19-18(20)17(15-9-5-3-6-10-15)23-16-11-7-4-8-12-16/h3-12,17H,2,13-14H2,1H3,(H,19,20)/t17-/m1/s1. The van der Waals surface area contributed by atoms with Gasteiger partial charge in [-0.2, -0.15) is 0 Å². The second kappa shape index (κ2) is 8.89. The summed E-state index contributed by atoms with van der Waals surface area (Å²) >= 11 is 1.45. The molecule has 0 aliphatic carbocycles. The summed E-state index contributed by atoms with van der Waals surface area (Å²) in [6.45, 7) is 1.74. The molecule has 2 aromatic carbocycles. The molecule has 0 heterocycles.